The lowest BCUT2D eigenvalue weighted by atomic mass is 10.1. The van der Waals surface area contributed by atoms with Gasteiger partial charge in [0.05, 0.1) is 4.90 Å². The van der Waals surface area contributed by atoms with Crippen LogP contribution in [0.15, 0.2) is 17.0 Å². The third kappa shape index (κ3) is 4.48. The van der Waals surface area contributed by atoms with E-state index in [4.69, 9.17) is 0 Å². The molecule has 0 aliphatic rings. The number of hydrogen-bond donors (Lipinski definition) is 2. The van der Waals surface area contributed by atoms with Crippen molar-refractivity contribution < 1.29 is 8.42 Å². The first-order chi connectivity index (χ1) is 9.31. The van der Waals surface area contributed by atoms with E-state index in [1.807, 2.05) is 40.1 Å². The van der Waals surface area contributed by atoms with Crippen molar-refractivity contribution in [2.24, 2.45) is 0 Å². The van der Waals surface area contributed by atoms with Gasteiger partial charge in [-0.1, -0.05) is 13.0 Å². The van der Waals surface area contributed by atoms with Gasteiger partial charge in [-0.2, -0.15) is 11.8 Å². The lowest BCUT2D eigenvalue weighted by Crippen LogP contribution is -2.30. The van der Waals surface area contributed by atoms with Gasteiger partial charge in [0.25, 0.3) is 0 Å². The Bertz CT molecular complexity index is 557. The van der Waals surface area contributed by atoms with Gasteiger partial charge in [0.1, 0.15) is 0 Å². The normalized spacial score (nSPS) is 13.4. The first kappa shape index (κ1) is 17.5. The van der Waals surface area contributed by atoms with Crippen LogP contribution in [0.1, 0.15) is 23.6 Å². The molecule has 0 amide bonds. The van der Waals surface area contributed by atoms with Crippen LogP contribution in [0.3, 0.4) is 0 Å². The minimum Gasteiger partial charge on any atom is -0.316 e. The summed E-state index contributed by atoms with van der Waals surface area (Å²) < 4.78 is 27.6. The summed E-state index contributed by atoms with van der Waals surface area (Å²) in [6, 6.07) is 3.78. The quantitative estimate of drug-likeness (QED) is 0.808. The molecule has 1 atom stereocenters. The van der Waals surface area contributed by atoms with Crippen molar-refractivity contribution in [3.05, 3.63) is 28.8 Å². The van der Waals surface area contributed by atoms with Gasteiger partial charge in [0.2, 0.25) is 10.0 Å². The number of benzene rings is 1. The molecule has 4 nitrogen and oxygen atoms in total. The molecule has 0 spiro atoms. The molecule has 0 heterocycles. The van der Waals surface area contributed by atoms with Gasteiger partial charge in [-0.15, -0.1) is 0 Å². The van der Waals surface area contributed by atoms with E-state index in [1.54, 1.807) is 17.8 Å². The van der Waals surface area contributed by atoms with Crippen LogP contribution >= 0.6 is 11.8 Å². The summed E-state index contributed by atoms with van der Waals surface area (Å²) in [7, 11) is -1.60. The Hall–Kier alpha value is -0.560. The van der Waals surface area contributed by atoms with E-state index in [-0.39, 0.29) is 5.25 Å². The van der Waals surface area contributed by atoms with Crippen LogP contribution < -0.4 is 10.0 Å². The van der Waals surface area contributed by atoms with E-state index < -0.39 is 10.0 Å². The number of sulfonamides is 1. The molecule has 1 aromatic carbocycles. The average Bonchev–Trinajstić information content (AvgIpc) is 2.40. The molecule has 0 aliphatic carbocycles. The molecule has 1 aromatic rings. The highest BCUT2D eigenvalue weighted by atomic mass is 32.2. The molecule has 114 valence electrons. The number of thioether (sulfide) groups is 1. The van der Waals surface area contributed by atoms with Crippen molar-refractivity contribution in [2.75, 3.05) is 19.8 Å². The Morgan fingerprint density at radius 1 is 1.30 bits per heavy atom. The molecule has 6 heteroatoms. The first-order valence-corrected chi connectivity index (χ1v) is 9.36. The minimum atomic E-state index is -3.45. The van der Waals surface area contributed by atoms with Crippen LogP contribution in [0.25, 0.3) is 0 Å². The fraction of sp³-hybridized carbons (Fsp3) is 0.571. The summed E-state index contributed by atoms with van der Waals surface area (Å²) in [5.41, 5.74) is 2.79. The molecule has 0 radical (unpaired) electrons. The summed E-state index contributed by atoms with van der Waals surface area (Å²) in [5, 5.41) is 3.31. The zero-order valence-corrected chi connectivity index (χ0v) is 14.4. The fourth-order valence-corrected chi connectivity index (χ4v) is 3.72. The summed E-state index contributed by atoms with van der Waals surface area (Å²) in [4.78, 5) is 0.385. The van der Waals surface area contributed by atoms with Crippen molar-refractivity contribution in [3.63, 3.8) is 0 Å². The number of hydrogen-bond acceptors (Lipinski definition) is 4. The SMILES string of the molecule is CNCc1cc(C)c(C)c(S(=O)(=O)NCC(C)SC)c1. The largest absolute Gasteiger partial charge is 0.316 e. The van der Waals surface area contributed by atoms with Crippen molar-refractivity contribution in [2.45, 2.75) is 37.5 Å². The topological polar surface area (TPSA) is 58.2 Å². The maximum absolute atomic E-state index is 12.4. The Morgan fingerprint density at radius 2 is 1.95 bits per heavy atom. The Morgan fingerprint density at radius 3 is 2.50 bits per heavy atom. The molecule has 1 unspecified atom stereocenters. The van der Waals surface area contributed by atoms with Crippen LogP contribution in [0.2, 0.25) is 0 Å². The molecule has 0 saturated heterocycles. The van der Waals surface area contributed by atoms with Crippen LogP contribution in [-0.2, 0) is 16.6 Å². The standard InChI is InChI=1S/C14H24N2O2S2/c1-10-6-13(9-15-4)7-14(12(10)3)20(17,18)16-8-11(2)19-5/h6-7,11,15-16H,8-9H2,1-5H3. The highest BCUT2D eigenvalue weighted by molar-refractivity contribution is 7.99. The van der Waals surface area contributed by atoms with Crippen molar-refractivity contribution in [3.8, 4) is 0 Å². The monoisotopic (exact) mass is 316 g/mol. The zero-order chi connectivity index (χ0) is 15.3. The van der Waals surface area contributed by atoms with Crippen LogP contribution in [0, 0.1) is 13.8 Å². The molecule has 2 N–H and O–H groups in total. The van der Waals surface area contributed by atoms with Crippen molar-refractivity contribution in [1.82, 2.24) is 10.0 Å². The first-order valence-electron chi connectivity index (χ1n) is 6.59. The van der Waals surface area contributed by atoms with E-state index >= 15 is 0 Å². The van der Waals surface area contributed by atoms with E-state index in [2.05, 4.69) is 10.0 Å². The second kappa shape index (κ2) is 7.45. The lowest BCUT2D eigenvalue weighted by molar-refractivity contribution is 0.580. The fourth-order valence-electron chi connectivity index (χ4n) is 1.87. The Labute approximate surface area is 126 Å². The maximum Gasteiger partial charge on any atom is 0.240 e. The zero-order valence-electron chi connectivity index (χ0n) is 12.8. The number of aryl methyl sites for hydroxylation is 1. The van der Waals surface area contributed by atoms with Gasteiger partial charge < -0.3 is 5.32 Å². The average molecular weight is 316 g/mol. The summed E-state index contributed by atoms with van der Waals surface area (Å²) in [5.74, 6) is 0. The van der Waals surface area contributed by atoms with Gasteiger partial charge >= 0.3 is 0 Å². The second-order valence-corrected chi connectivity index (χ2v) is 7.98. The van der Waals surface area contributed by atoms with E-state index in [0.29, 0.717) is 18.0 Å². The summed E-state index contributed by atoms with van der Waals surface area (Å²) >= 11 is 1.64. The Kier molecular flexibility index (Phi) is 6.51. The second-order valence-electron chi connectivity index (χ2n) is 4.96. The Balaban J connectivity index is 3.10. The van der Waals surface area contributed by atoms with Crippen molar-refractivity contribution in [1.29, 1.82) is 0 Å². The summed E-state index contributed by atoms with van der Waals surface area (Å²) in [6.07, 6.45) is 1.97. The molecule has 0 saturated carbocycles. The van der Waals surface area contributed by atoms with Crippen LogP contribution in [0.5, 0.6) is 0 Å². The third-order valence-electron chi connectivity index (χ3n) is 3.31. The lowest BCUT2D eigenvalue weighted by Gasteiger charge is -2.15. The molecule has 0 aromatic heterocycles. The van der Waals surface area contributed by atoms with Gasteiger partial charge in [-0.05, 0) is 49.9 Å². The predicted molar refractivity (Wildman–Crippen MR) is 86.8 cm³/mol. The van der Waals surface area contributed by atoms with Crippen molar-refractivity contribution >= 4 is 21.8 Å². The molecular weight excluding hydrogens is 292 g/mol. The number of rotatable bonds is 7. The molecule has 0 fully saturated rings. The van der Waals surface area contributed by atoms with E-state index in [9.17, 15) is 8.42 Å². The van der Waals surface area contributed by atoms with Gasteiger partial charge in [0, 0.05) is 18.3 Å². The predicted octanol–water partition coefficient (Wildman–Crippen LogP) is 2.05. The van der Waals surface area contributed by atoms with Gasteiger partial charge in [0.15, 0.2) is 0 Å². The molecule has 0 aliphatic heterocycles. The highest BCUT2D eigenvalue weighted by Crippen LogP contribution is 2.21. The number of nitrogens with one attached hydrogen (secondary N) is 2. The van der Waals surface area contributed by atoms with Gasteiger partial charge in [-0.25, -0.2) is 13.1 Å². The van der Waals surface area contributed by atoms with E-state index in [1.165, 1.54) is 0 Å². The van der Waals surface area contributed by atoms with E-state index in [0.717, 1.165) is 16.7 Å². The summed E-state index contributed by atoms with van der Waals surface area (Å²) in [6.45, 7) is 6.90. The highest BCUT2D eigenvalue weighted by Gasteiger charge is 2.19. The van der Waals surface area contributed by atoms with Gasteiger partial charge in [-0.3, -0.25) is 0 Å². The van der Waals surface area contributed by atoms with Crippen LogP contribution in [-0.4, -0.2) is 33.5 Å². The third-order valence-corrected chi connectivity index (χ3v) is 5.83. The molecule has 1 rings (SSSR count). The van der Waals surface area contributed by atoms with Crippen LogP contribution in [0.4, 0.5) is 0 Å². The smallest absolute Gasteiger partial charge is 0.240 e. The maximum atomic E-state index is 12.4. The molecular formula is C14H24N2O2S2. The minimum absolute atomic E-state index is 0.256. The molecule has 0 bridgehead atoms. The molecule has 20 heavy (non-hydrogen) atoms.